The Morgan fingerprint density at radius 2 is 1.72 bits per heavy atom. The lowest BCUT2D eigenvalue weighted by Gasteiger charge is -2.32. The van der Waals surface area contributed by atoms with Crippen molar-refractivity contribution < 1.29 is 9.31 Å². The average Bonchev–Trinajstić information content (AvgIpc) is 3.06. The first kappa shape index (κ1) is 18.4. The van der Waals surface area contributed by atoms with E-state index in [1.165, 1.54) is 0 Å². The summed E-state index contributed by atoms with van der Waals surface area (Å²) in [4.78, 5) is 11.6. The van der Waals surface area contributed by atoms with Crippen LogP contribution in [0.1, 0.15) is 41.5 Å². The van der Waals surface area contributed by atoms with E-state index in [4.69, 9.17) is 9.31 Å². The van der Waals surface area contributed by atoms with E-state index in [9.17, 15) is 0 Å². The van der Waals surface area contributed by atoms with Gasteiger partial charge in [0.15, 0.2) is 5.65 Å². The van der Waals surface area contributed by atoms with Crippen LogP contribution in [0.2, 0.25) is 0 Å². The normalized spacial score (nSPS) is 19.2. The standard InChI is InChI=1S/C18H29BN4O2/c1-7-22(8-2)9-10-23-13-21-15-11-14(12-20-16(15)23)19-24-17(3,4)18(5,6)25-19/h11-13H,7-10H2,1-6H3. The highest BCUT2D eigenvalue weighted by molar-refractivity contribution is 6.62. The van der Waals surface area contributed by atoms with Gasteiger partial charge in [-0.1, -0.05) is 13.8 Å². The largest absolute Gasteiger partial charge is 0.496 e. The Morgan fingerprint density at radius 3 is 2.32 bits per heavy atom. The van der Waals surface area contributed by atoms with Crippen LogP contribution in [0.15, 0.2) is 18.6 Å². The highest BCUT2D eigenvalue weighted by atomic mass is 16.7. The first-order valence-electron chi connectivity index (χ1n) is 9.16. The first-order chi connectivity index (χ1) is 11.8. The van der Waals surface area contributed by atoms with Crippen LogP contribution in [-0.4, -0.2) is 57.4 Å². The van der Waals surface area contributed by atoms with Gasteiger partial charge in [0, 0.05) is 24.7 Å². The van der Waals surface area contributed by atoms with Gasteiger partial charge in [-0.15, -0.1) is 0 Å². The van der Waals surface area contributed by atoms with E-state index in [0.717, 1.165) is 42.8 Å². The Hall–Kier alpha value is -1.44. The van der Waals surface area contributed by atoms with Gasteiger partial charge in [-0.3, -0.25) is 0 Å². The van der Waals surface area contributed by atoms with Gasteiger partial charge in [-0.2, -0.15) is 0 Å². The second kappa shape index (κ2) is 6.70. The second-order valence-corrected chi connectivity index (χ2v) is 7.66. The van der Waals surface area contributed by atoms with Crippen LogP contribution in [0.3, 0.4) is 0 Å². The number of aromatic nitrogens is 3. The monoisotopic (exact) mass is 344 g/mol. The number of pyridine rings is 1. The molecule has 0 saturated carbocycles. The van der Waals surface area contributed by atoms with Crippen LogP contribution < -0.4 is 5.46 Å². The van der Waals surface area contributed by atoms with Crippen LogP contribution >= 0.6 is 0 Å². The molecular formula is C18H29BN4O2. The third kappa shape index (κ3) is 3.45. The van der Waals surface area contributed by atoms with Crippen molar-refractivity contribution in [3.63, 3.8) is 0 Å². The van der Waals surface area contributed by atoms with Gasteiger partial charge in [0.25, 0.3) is 0 Å². The number of likely N-dealkylation sites (N-methyl/N-ethyl adjacent to an activating group) is 1. The molecule has 1 saturated heterocycles. The molecule has 1 aliphatic rings. The van der Waals surface area contributed by atoms with E-state index in [0.29, 0.717) is 0 Å². The molecule has 7 heteroatoms. The van der Waals surface area contributed by atoms with Gasteiger partial charge >= 0.3 is 7.12 Å². The Kier molecular flexibility index (Phi) is 4.92. The van der Waals surface area contributed by atoms with Crippen LogP contribution in [-0.2, 0) is 15.9 Å². The number of hydrogen-bond donors (Lipinski definition) is 0. The van der Waals surface area contributed by atoms with Gasteiger partial charge in [-0.05, 0) is 46.9 Å². The fourth-order valence-electron chi connectivity index (χ4n) is 3.03. The zero-order valence-electron chi connectivity index (χ0n) is 16.2. The molecule has 1 fully saturated rings. The molecule has 0 radical (unpaired) electrons. The molecule has 0 N–H and O–H groups in total. The molecule has 6 nitrogen and oxygen atoms in total. The Morgan fingerprint density at radius 1 is 1.08 bits per heavy atom. The Bertz CT molecular complexity index is 724. The predicted molar refractivity (Wildman–Crippen MR) is 101 cm³/mol. The fourth-order valence-corrected chi connectivity index (χ4v) is 3.03. The van der Waals surface area contributed by atoms with E-state index in [1.807, 2.05) is 18.6 Å². The highest BCUT2D eigenvalue weighted by Gasteiger charge is 2.51. The summed E-state index contributed by atoms with van der Waals surface area (Å²) in [6.45, 7) is 16.6. The van der Waals surface area contributed by atoms with E-state index < -0.39 is 7.12 Å². The maximum Gasteiger partial charge on any atom is 0.496 e. The summed E-state index contributed by atoms with van der Waals surface area (Å²) in [5.41, 5.74) is 2.00. The molecule has 25 heavy (non-hydrogen) atoms. The molecule has 0 bridgehead atoms. The molecule has 1 aliphatic heterocycles. The molecular weight excluding hydrogens is 315 g/mol. The number of nitrogens with zero attached hydrogens (tertiary/aromatic N) is 4. The van der Waals surface area contributed by atoms with Crippen molar-refractivity contribution in [3.05, 3.63) is 18.6 Å². The van der Waals surface area contributed by atoms with E-state index in [2.05, 4.69) is 61.0 Å². The van der Waals surface area contributed by atoms with Crippen LogP contribution in [0, 0.1) is 0 Å². The summed E-state index contributed by atoms with van der Waals surface area (Å²) < 4.78 is 14.3. The third-order valence-electron chi connectivity index (χ3n) is 5.55. The van der Waals surface area contributed by atoms with Crippen LogP contribution in [0.5, 0.6) is 0 Å². The summed E-state index contributed by atoms with van der Waals surface area (Å²) in [5.74, 6) is 0. The lowest BCUT2D eigenvalue weighted by molar-refractivity contribution is 0.00578. The van der Waals surface area contributed by atoms with E-state index in [-0.39, 0.29) is 11.2 Å². The van der Waals surface area contributed by atoms with Crippen molar-refractivity contribution in [3.8, 4) is 0 Å². The van der Waals surface area contributed by atoms with Gasteiger partial charge in [0.1, 0.15) is 5.52 Å². The summed E-state index contributed by atoms with van der Waals surface area (Å²) in [6.07, 6.45) is 3.72. The minimum atomic E-state index is -0.400. The number of rotatable bonds is 6. The topological polar surface area (TPSA) is 52.4 Å². The van der Waals surface area contributed by atoms with Crippen molar-refractivity contribution in [2.75, 3.05) is 19.6 Å². The lowest BCUT2D eigenvalue weighted by atomic mass is 9.80. The quantitative estimate of drug-likeness (QED) is 0.751. The van der Waals surface area contributed by atoms with Crippen molar-refractivity contribution in [2.45, 2.75) is 59.3 Å². The number of hydrogen-bond acceptors (Lipinski definition) is 5. The Labute approximate surface area is 150 Å². The van der Waals surface area contributed by atoms with Crippen molar-refractivity contribution in [1.29, 1.82) is 0 Å². The van der Waals surface area contributed by atoms with Crippen LogP contribution in [0.4, 0.5) is 0 Å². The molecule has 2 aromatic heterocycles. The lowest BCUT2D eigenvalue weighted by Crippen LogP contribution is -2.41. The van der Waals surface area contributed by atoms with Gasteiger partial charge in [0.05, 0.1) is 17.5 Å². The SMILES string of the molecule is CCN(CC)CCn1cnc2cc(B3OC(C)(C)C(C)(C)O3)cnc21. The molecule has 0 spiro atoms. The third-order valence-corrected chi connectivity index (χ3v) is 5.55. The molecule has 3 heterocycles. The molecule has 0 aliphatic carbocycles. The zero-order chi connectivity index (χ0) is 18.2. The van der Waals surface area contributed by atoms with Crippen molar-refractivity contribution >= 4 is 23.7 Å². The van der Waals surface area contributed by atoms with Crippen molar-refractivity contribution in [2.24, 2.45) is 0 Å². The predicted octanol–water partition coefficient (Wildman–Crippen LogP) is 2.07. The summed E-state index contributed by atoms with van der Waals surface area (Å²) in [6, 6.07) is 2.03. The maximum atomic E-state index is 6.11. The Balaban J connectivity index is 1.79. The molecule has 136 valence electrons. The zero-order valence-corrected chi connectivity index (χ0v) is 16.2. The van der Waals surface area contributed by atoms with E-state index in [1.54, 1.807) is 0 Å². The average molecular weight is 344 g/mol. The molecule has 0 unspecified atom stereocenters. The minimum absolute atomic E-state index is 0.351. The molecule has 0 atom stereocenters. The first-order valence-corrected chi connectivity index (χ1v) is 9.16. The number of fused-ring (bicyclic) bond motifs is 1. The highest BCUT2D eigenvalue weighted by Crippen LogP contribution is 2.36. The molecule has 3 rings (SSSR count). The fraction of sp³-hybridized carbons (Fsp3) is 0.667. The van der Waals surface area contributed by atoms with Crippen LogP contribution in [0.25, 0.3) is 11.2 Å². The van der Waals surface area contributed by atoms with Gasteiger partial charge in [0.2, 0.25) is 0 Å². The molecule has 0 amide bonds. The smallest absolute Gasteiger partial charge is 0.399 e. The van der Waals surface area contributed by atoms with Gasteiger partial charge < -0.3 is 18.8 Å². The summed E-state index contributed by atoms with van der Waals surface area (Å²) in [7, 11) is -0.400. The maximum absolute atomic E-state index is 6.11. The van der Waals surface area contributed by atoms with Gasteiger partial charge in [-0.25, -0.2) is 9.97 Å². The summed E-state index contributed by atoms with van der Waals surface area (Å²) in [5, 5.41) is 0. The molecule has 2 aromatic rings. The van der Waals surface area contributed by atoms with Crippen molar-refractivity contribution in [1.82, 2.24) is 19.4 Å². The summed E-state index contributed by atoms with van der Waals surface area (Å²) >= 11 is 0. The second-order valence-electron chi connectivity index (χ2n) is 7.66. The minimum Gasteiger partial charge on any atom is -0.399 e. The van der Waals surface area contributed by atoms with E-state index >= 15 is 0 Å². The molecule has 0 aromatic carbocycles. The number of imidazole rings is 1.